The van der Waals surface area contributed by atoms with Crippen LogP contribution in [0.1, 0.15) is 0 Å². The Morgan fingerprint density at radius 3 is 1.81 bits per heavy atom. The highest BCUT2D eigenvalue weighted by molar-refractivity contribution is 7.25. The van der Waals surface area contributed by atoms with Crippen LogP contribution < -0.4 is 0 Å². The predicted molar refractivity (Wildman–Crippen MR) is 244 cm³/mol. The van der Waals surface area contributed by atoms with Crippen molar-refractivity contribution in [2.45, 2.75) is 0 Å². The summed E-state index contributed by atoms with van der Waals surface area (Å²) >= 11 is 1.82. The van der Waals surface area contributed by atoms with Gasteiger partial charge in [0.2, 0.25) is 0 Å². The fourth-order valence-electron chi connectivity index (χ4n) is 9.00. The van der Waals surface area contributed by atoms with Gasteiger partial charge >= 0.3 is 0 Å². The Balaban J connectivity index is 1.13. The van der Waals surface area contributed by atoms with Crippen LogP contribution in [0.2, 0.25) is 0 Å². The summed E-state index contributed by atoms with van der Waals surface area (Å²) in [6, 6.07) is 61.5. The average molecular weight is 772 g/mol. The molecule has 9 aromatic carbocycles. The molecule has 0 aliphatic carbocycles. The zero-order valence-electron chi connectivity index (χ0n) is 31.3. The number of furan rings is 2. The summed E-state index contributed by atoms with van der Waals surface area (Å²) in [6.45, 7) is 0. The molecule has 0 aliphatic rings. The van der Waals surface area contributed by atoms with Crippen LogP contribution in [0.25, 0.3) is 131 Å². The molecule has 5 nitrogen and oxygen atoms in total. The topological polar surface area (TPSA) is 65.0 Å². The van der Waals surface area contributed by atoms with Gasteiger partial charge in [-0.25, -0.2) is 15.0 Å². The van der Waals surface area contributed by atoms with Gasteiger partial charge in [0.05, 0.1) is 5.56 Å². The first-order valence-electron chi connectivity index (χ1n) is 19.7. The smallest absolute Gasteiger partial charge is 0.167 e. The number of aromatic nitrogens is 3. The fraction of sp³-hybridized carbons (Fsp3) is 0. The Bertz CT molecular complexity index is 3870. The van der Waals surface area contributed by atoms with Crippen LogP contribution >= 0.6 is 11.3 Å². The lowest BCUT2D eigenvalue weighted by Gasteiger charge is -2.13. The van der Waals surface area contributed by atoms with Crippen molar-refractivity contribution >= 4 is 96.9 Å². The standard InChI is InChI=1S/C53H29N3O2S/c1-2-13-33-31(12-1)27-42(35-15-4-3-14-34(33)35)52-54-51(40-20-11-19-38-36-16-5-8-21-44(36)58-50(38)40)55-53(56-52)43-28-32(29-46-49(43)39-18-6-9-22-45(39)57-46)30-24-25-48-41(26-30)37-17-7-10-23-47(37)59-48/h1-29H. The van der Waals surface area contributed by atoms with E-state index in [0.717, 1.165) is 87.9 Å². The summed E-state index contributed by atoms with van der Waals surface area (Å²) in [5, 5.41) is 11.0. The maximum atomic E-state index is 6.66. The van der Waals surface area contributed by atoms with Crippen molar-refractivity contribution in [3.63, 3.8) is 0 Å². The molecule has 0 saturated heterocycles. The molecule has 0 atom stereocenters. The van der Waals surface area contributed by atoms with Gasteiger partial charge in [-0.05, 0) is 87.3 Å². The maximum Gasteiger partial charge on any atom is 0.167 e. The van der Waals surface area contributed by atoms with E-state index in [4.69, 9.17) is 23.8 Å². The SMILES string of the molecule is c1ccc2c(c1)cc(-c1nc(-c3cccc4c3oc3ccccc34)nc(-c3cc(-c4ccc5sc6ccccc6c5c4)cc4oc5ccccc5c34)n1)c1ccccc12. The first kappa shape index (κ1) is 32.4. The molecule has 0 fully saturated rings. The molecule has 0 radical (unpaired) electrons. The number of fused-ring (bicyclic) bond motifs is 12. The second-order valence-corrected chi connectivity index (χ2v) is 16.2. The summed E-state index contributed by atoms with van der Waals surface area (Å²) in [4.78, 5) is 16.2. The van der Waals surface area contributed by atoms with Crippen molar-refractivity contribution in [1.82, 2.24) is 15.0 Å². The Kier molecular flexibility index (Phi) is 6.82. The summed E-state index contributed by atoms with van der Waals surface area (Å²) in [5.41, 5.74) is 7.84. The van der Waals surface area contributed by atoms with E-state index in [0.29, 0.717) is 17.5 Å². The fourth-order valence-corrected chi connectivity index (χ4v) is 10.1. The Morgan fingerprint density at radius 2 is 0.966 bits per heavy atom. The minimum Gasteiger partial charge on any atom is -0.456 e. The first-order valence-corrected chi connectivity index (χ1v) is 20.5. The van der Waals surface area contributed by atoms with Gasteiger partial charge in [-0.2, -0.15) is 0 Å². The number of benzene rings is 9. The second kappa shape index (κ2) is 12.4. The lowest BCUT2D eigenvalue weighted by atomic mass is 9.96. The molecule has 13 aromatic rings. The molecule has 4 heterocycles. The molecular formula is C53H29N3O2S. The average Bonchev–Trinajstić information content (AvgIpc) is 3.99. The number of rotatable bonds is 4. The van der Waals surface area contributed by atoms with Crippen molar-refractivity contribution in [2.24, 2.45) is 0 Å². The van der Waals surface area contributed by atoms with Gasteiger partial charge < -0.3 is 8.83 Å². The van der Waals surface area contributed by atoms with E-state index in [1.54, 1.807) is 0 Å². The van der Waals surface area contributed by atoms with Gasteiger partial charge in [-0.3, -0.25) is 0 Å². The van der Waals surface area contributed by atoms with E-state index < -0.39 is 0 Å². The van der Waals surface area contributed by atoms with Crippen molar-refractivity contribution in [3.8, 4) is 45.3 Å². The number of hydrogen-bond acceptors (Lipinski definition) is 6. The highest BCUT2D eigenvalue weighted by Gasteiger charge is 2.23. The molecule has 59 heavy (non-hydrogen) atoms. The van der Waals surface area contributed by atoms with Gasteiger partial charge in [0.1, 0.15) is 22.3 Å². The monoisotopic (exact) mass is 771 g/mol. The minimum atomic E-state index is 0.532. The maximum absolute atomic E-state index is 6.66. The van der Waals surface area contributed by atoms with Gasteiger partial charge in [-0.1, -0.05) is 121 Å². The summed E-state index contributed by atoms with van der Waals surface area (Å²) < 4.78 is 15.8. The highest BCUT2D eigenvalue weighted by Crippen LogP contribution is 2.43. The van der Waals surface area contributed by atoms with Crippen LogP contribution in [-0.2, 0) is 0 Å². The van der Waals surface area contributed by atoms with Gasteiger partial charge in [0.25, 0.3) is 0 Å². The molecular weight excluding hydrogens is 743 g/mol. The number of nitrogens with zero attached hydrogens (tertiary/aromatic N) is 3. The molecule has 274 valence electrons. The third-order valence-electron chi connectivity index (χ3n) is 11.7. The van der Waals surface area contributed by atoms with Gasteiger partial charge in [0.15, 0.2) is 17.5 Å². The third kappa shape index (κ3) is 4.94. The molecule has 0 spiro atoms. The predicted octanol–water partition coefficient (Wildman–Crippen LogP) is 15.0. The molecule has 0 saturated carbocycles. The lowest BCUT2D eigenvalue weighted by molar-refractivity contribution is 0.668. The van der Waals surface area contributed by atoms with E-state index in [9.17, 15) is 0 Å². The Hall–Kier alpha value is -7.67. The molecule has 6 heteroatoms. The largest absolute Gasteiger partial charge is 0.456 e. The van der Waals surface area contributed by atoms with Crippen LogP contribution in [0.4, 0.5) is 0 Å². The molecule has 0 bridgehead atoms. The zero-order chi connectivity index (χ0) is 38.6. The van der Waals surface area contributed by atoms with Crippen LogP contribution in [-0.4, -0.2) is 15.0 Å². The summed E-state index contributed by atoms with van der Waals surface area (Å²) in [5.74, 6) is 1.66. The molecule has 0 amide bonds. The second-order valence-electron chi connectivity index (χ2n) is 15.1. The van der Waals surface area contributed by atoms with E-state index >= 15 is 0 Å². The number of para-hydroxylation sites is 3. The van der Waals surface area contributed by atoms with Gasteiger partial charge in [0, 0.05) is 52.8 Å². The van der Waals surface area contributed by atoms with E-state index in [2.05, 4.69) is 140 Å². The first-order chi connectivity index (χ1) is 29.2. The summed E-state index contributed by atoms with van der Waals surface area (Å²) in [7, 11) is 0. The quantitative estimate of drug-likeness (QED) is 0.167. The number of thiophene rings is 1. The van der Waals surface area contributed by atoms with Gasteiger partial charge in [-0.15, -0.1) is 11.3 Å². The van der Waals surface area contributed by atoms with Crippen LogP contribution in [0, 0.1) is 0 Å². The summed E-state index contributed by atoms with van der Waals surface area (Å²) in [6.07, 6.45) is 0. The van der Waals surface area contributed by atoms with Crippen LogP contribution in [0.15, 0.2) is 185 Å². The molecule has 0 N–H and O–H groups in total. The third-order valence-corrected chi connectivity index (χ3v) is 12.9. The van der Waals surface area contributed by atoms with Crippen molar-refractivity contribution in [3.05, 3.63) is 176 Å². The Labute approximate surface area is 340 Å². The minimum absolute atomic E-state index is 0.532. The van der Waals surface area contributed by atoms with Crippen molar-refractivity contribution in [2.75, 3.05) is 0 Å². The van der Waals surface area contributed by atoms with Crippen molar-refractivity contribution < 1.29 is 8.83 Å². The lowest BCUT2D eigenvalue weighted by Crippen LogP contribution is -2.01. The zero-order valence-corrected chi connectivity index (χ0v) is 32.1. The van der Waals surface area contributed by atoms with Crippen LogP contribution in [0.3, 0.4) is 0 Å². The van der Waals surface area contributed by atoms with E-state index in [1.165, 1.54) is 25.6 Å². The molecule has 0 unspecified atom stereocenters. The highest BCUT2D eigenvalue weighted by atomic mass is 32.1. The van der Waals surface area contributed by atoms with E-state index in [-0.39, 0.29) is 0 Å². The molecule has 13 rings (SSSR count). The Morgan fingerprint density at radius 1 is 0.339 bits per heavy atom. The number of hydrogen-bond donors (Lipinski definition) is 0. The normalized spacial score (nSPS) is 12.1. The van der Waals surface area contributed by atoms with E-state index in [1.807, 2.05) is 47.7 Å². The molecule has 0 aliphatic heterocycles. The molecule has 4 aromatic heterocycles. The van der Waals surface area contributed by atoms with Crippen molar-refractivity contribution in [1.29, 1.82) is 0 Å². The van der Waals surface area contributed by atoms with Crippen LogP contribution in [0.5, 0.6) is 0 Å².